The molecule has 0 spiro atoms. The molecule has 0 amide bonds. The van der Waals surface area contributed by atoms with Gasteiger partial charge in [0.1, 0.15) is 0 Å². The van der Waals surface area contributed by atoms with E-state index < -0.39 is 0 Å². The molecule has 16 heavy (non-hydrogen) atoms. The van der Waals surface area contributed by atoms with Gasteiger partial charge in [0, 0.05) is 18.6 Å². The number of rotatable bonds is 8. The Kier molecular flexibility index (Phi) is 7.06. The summed E-state index contributed by atoms with van der Waals surface area (Å²) in [4.78, 5) is 2.42. The van der Waals surface area contributed by atoms with Crippen molar-refractivity contribution in [3.63, 3.8) is 0 Å². The largest absolute Gasteiger partial charge is 0.310 e. The first-order chi connectivity index (χ1) is 7.72. The van der Waals surface area contributed by atoms with Crippen LogP contribution in [0.25, 0.3) is 0 Å². The van der Waals surface area contributed by atoms with E-state index in [2.05, 4.69) is 31.1 Å². The van der Waals surface area contributed by atoms with Crippen molar-refractivity contribution < 1.29 is 0 Å². The Morgan fingerprint density at radius 2 is 2.00 bits per heavy atom. The van der Waals surface area contributed by atoms with Gasteiger partial charge in [-0.05, 0) is 33.4 Å². The lowest BCUT2D eigenvalue weighted by molar-refractivity contribution is 0.376. The van der Waals surface area contributed by atoms with Crippen LogP contribution in [0.3, 0.4) is 0 Å². The maximum absolute atomic E-state index is 3.76. The maximum Gasteiger partial charge on any atom is 0.0209 e. The molecule has 0 aromatic rings. The number of hydrogen-bond donors (Lipinski definition) is 1. The van der Waals surface area contributed by atoms with Crippen LogP contribution in [0.15, 0.2) is 0 Å². The SMILES string of the molecule is CCCCCCCC(C)NC1CCN(C)C1. The summed E-state index contributed by atoms with van der Waals surface area (Å²) < 4.78 is 0. The molecule has 2 atom stereocenters. The van der Waals surface area contributed by atoms with Gasteiger partial charge in [-0.2, -0.15) is 0 Å². The normalized spacial score (nSPS) is 23.8. The Hall–Kier alpha value is -0.0800. The summed E-state index contributed by atoms with van der Waals surface area (Å²) in [7, 11) is 2.22. The van der Waals surface area contributed by atoms with Crippen LogP contribution in [-0.2, 0) is 0 Å². The van der Waals surface area contributed by atoms with Crippen molar-refractivity contribution in [3.8, 4) is 0 Å². The molecule has 1 aliphatic rings. The molecule has 1 fully saturated rings. The first kappa shape index (κ1) is 14.0. The highest BCUT2D eigenvalue weighted by Crippen LogP contribution is 2.11. The zero-order chi connectivity index (χ0) is 11.8. The smallest absolute Gasteiger partial charge is 0.0209 e. The van der Waals surface area contributed by atoms with Gasteiger partial charge in [-0.1, -0.05) is 39.0 Å². The van der Waals surface area contributed by atoms with Crippen LogP contribution < -0.4 is 5.32 Å². The van der Waals surface area contributed by atoms with Crippen molar-refractivity contribution in [2.24, 2.45) is 0 Å². The summed E-state index contributed by atoms with van der Waals surface area (Å²) in [6.07, 6.45) is 9.69. The molecule has 2 nitrogen and oxygen atoms in total. The van der Waals surface area contributed by atoms with Gasteiger partial charge in [-0.15, -0.1) is 0 Å². The lowest BCUT2D eigenvalue weighted by Crippen LogP contribution is -2.38. The van der Waals surface area contributed by atoms with Crippen molar-refractivity contribution in [2.45, 2.75) is 70.9 Å². The van der Waals surface area contributed by atoms with E-state index in [1.165, 1.54) is 58.0 Å². The van der Waals surface area contributed by atoms with Crippen LogP contribution >= 0.6 is 0 Å². The second kappa shape index (κ2) is 8.08. The van der Waals surface area contributed by atoms with Crippen LogP contribution in [0.5, 0.6) is 0 Å². The zero-order valence-electron chi connectivity index (χ0n) is 11.5. The summed E-state index contributed by atoms with van der Waals surface area (Å²) in [5.41, 5.74) is 0. The van der Waals surface area contributed by atoms with E-state index in [0.29, 0.717) is 6.04 Å². The fourth-order valence-electron chi connectivity index (χ4n) is 2.61. The highest BCUT2D eigenvalue weighted by Gasteiger charge is 2.20. The predicted octanol–water partition coefficient (Wildman–Crippen LogP) is 3.03. The number of nitrogens with zero attached hydrogens (tertiary/aromatic N) is 1. The first-order valence-electron chi connectivity index (χ1n) is 7.17. The Bertz CT molecular complexity index is 170. The summed E-state index contributed by atoms with van der Waals surface area (Å²) in [5, 5.41) is 3.76. The van der Waals surface area contributed by atoms with E-state index in [1.54, 1.807) is 0 Å². The highest BCUT2D eigenvalue weighted by molar-refractivity contribution is 4.80. The van der Waals surface area contributed by atoms with Crippen LogP contribution in [0.1, 0.15) is 58.8 Å². The van der Waals surface area contributed by atoms with E-state index in [1.807, 2.05) is 0 Å². The standard InChI is InChI=1S/C14H30N2/c1-4-5-6-7-8-9-13(2)15-14-10-11-16(3)12-14/h13-15H,4-12H2,1-3H3. The third kappa shape index (κ3) is 5.86. The van der Waals surface area contributed by atoms with Gasteiger partial charge in [0.2, 0.25) is 0 Å². The fourth-order valence-corrected chi connectivity index (χ4v) is 2.61. The lowest BCUT2D eigenvalue weighted by Gasteiger charge is -2.19. The minimum Gasteiger partial charge on any atom is -0.310 e. The molecule has 0 aromatic carbocycles. The molecule has 1 aliphatic heterocycles. The third-order valence-corrected chi connectivity index (χ3v) is 3.65. The monoisotopic (exact) mass is 226 g/mol. The molecular weight excluding hydrogens is 196 g/mol. The minimum atomic E-state index is 0.707. The van der Waals surface area contributed by atoms with Gasteiger partial charge in [0.25, 0.3) is 0 Å². The highest BCUT2D eigenvalue weighted by atomic mass is 15.2. The van der Waals surface area contributed by atoms with Crippen molar-refractivity contribution in [2.75, 3.05) is 20.1 Å². The average molecular weight is 226 g/mol. The summed E-state index contributed by atoms with van der Waals surface area (Å²) in [6, 6.07) is 1.45. The molecule has 0 radical (unpaired) electrons. The topological polar surface area (TPSA) is 15.3 Å². The summed E-state index contributed by atoms with van der Waals surface area (Å²) >= 11 is 0. The maximum atomic E-state index is 3.76. The van der Waals surface area contributed by atoms with Crippen LogP contribution in [0.2, 0.25) is 0 Å². The number of likely N-dealkylation sites (tertiary alicyclic amines) is 1. The number of likely N-dealkylation sites (N-methyl/N-ethyl adjacent to an activating group) is 1. The van der Waals surface area contributed by atoms with E-state index >= 15 is 0 Å². The Morgan fingerprint density at radius 3 is 2.62 bits per heavy atom. The van der Waals surface area contributed by atoms with Gasteiger partial charge in [-0.3, -0.25) is 0 Å². The number of nitrogens with one attached hydrogen (secondary N) is 1. The van der Waals surface area contributed by atoms with Crippen LogP contribution in [0, 0.1) is 0 Å². The lowest BCUT2D eigenvalue weighted by atomic mass is 10.1. The predicted molar refractivity (Wildman–Crippen MR) is 71.9 cm³/mol. The average Bonchev–Trinajstić information content (AvgIpc) is 2.63. The Balaban J connectivity index is 1.96. The fraction of sp³-hybridized carbons (Fsp3) is 1.00. The minimum absolute atomic E-state index is 0.707. The van der Waals surface area contributed by atoms with Gasteiger partial charge in [-0.25, -0.2) is 0 Å². The molecule has 1 heterocycles. The second-order valence-electron chi connectivity index (χ2n) is 5.52. The summed E-state index contributed by atoms with van der Waals surface area (Å²) in [5.74, 6) is 0. The number of unbranched alkanes of at least 4 members (excludes halogenated alkanes) is 4. The molecule has 0 aliphatic carbocycles. The molecule has 2 unspecified atom stereocenters. The molecule has 1 rings (SSSR count). The van der Waals surface area contributed by atoms with Gasteiger partial charge in [0.15, 0.2) is 0 Å². The van der Waals surface area contributed by atoms with E-state index in [9.17, 15) is 0 Å². The van der Waals surface area contributed by atoms with Crippen LogP contribution in [0.4, 0.5) is 0 Å². The Morgan fingerprint density at radius 1 is 1.25 bits per heavy atom. The second-order valence-corrected chi connectivity index (χ2v) is 5.52. The third-order valence-electron chi connectivity index (χ3n) is 3.65. The molecule has 1 saturated heterocycles. The molecule has 0 aromatic heterocycles. The van der Waals surface area contributed by atoms with Crippen molar-refractivity contribution in [1.82, 2.24) is 10.2 Å². The first-order valence-corrected chi connectivity index (χ1v) is 7.17. The van der Waals surface area contributed by atoms with E-state index in [4.69, 9.17) is 0 Å². The van der Waals surface area contributed by atoms with E-state index in [0.717, 1.165) is 6.04 Å². The van der Waals surface area contributed by atoms with E-state index in [-0.39, 0.29) is 0 Å². The van der Waals surface area contributed by atoms with Crippen LogP contribution in [-0.4, -0.2) is 37.1 Å². The zero-order valence-corrected chi connectivity index (χ0v) is 11.5. The van der Waals surface area contributed by atoms with Crippen molar-refractivity contribution >= 4 is 0 Å². The molecule has 2 heteroatoms. The molecule has 96 valence electrons. The summed E-state index contributed by atoms with van der Waals surface area (Å²) in [6.45, 7) is 7.12. The van der Waals surface area contributed by atoms with Crippen molar-refractivity contribution in [3.05, 3.63) is 0 Å². The Labute approximate surface area is 102 Å². The van der Waals surface area contributed by atoms with Gasteiger partial charge in [0.05, 0.1) is 0 Å². The van der Waals surface area contributed by atoms with Gasteiger partial charge >= 0.3 is 0 Å². The molecule has 0 bridgehead atoms. The quantitative estimate of drug-likeness (QED) is 0.640. The molecule has 0 saturated carbocycles. The number of hydrogen-bond acceptors (Lipinski definition) is 2. The van der Waals surface area contributed by atoms with Crippen molar-refractivity contribution in [1.29, 1.82) is 0 Å². The molecule has 1 N–H and O–H groups in total. The molecular formula is C14H30N2. The van der Waals surface area contributed by atoms with Gasteiger partial charge < -0.3 is 10.2 Å².